The van der Waals surface area contributed by atoms with Gasteiger partial charge in [0.15, 0.2) is 6.20 Å². The minimum atomic E-state index is -1.08. The van der Waals surface area contributed by atoms with E-state index in [4.69, 9.17) is 9.47 Å². The molecule has 2 fully saturated rings. The molecule has 2 aromatic heterocycles. The number of aliphatic hydroxyl groups is 1. The van der Waals surface area contributed by atoms with Gasteiger partial charge in [-0.1, -0.05) is 12.1 Å². The number of fused-ring (bicyclic) bond motifs is 1. The highest BCUT2D eigenvalue weighted by Gasteiger charge is 2.50. The second-order valence-electron chi connectivity index (χ2n) is 8.42. The Morgan fingerprint density at radius 3 is 2.48 bits per heavy atom. The van der Waals surface area contributed by atoms with Crippen molar-refractivity contribution in [2.24, 2.45) is 0 Å². The Balaban J connectivity index is 1.26. The van der Waals surface area contributed by atoms with Gasteiger partial charge in [0.25, 0.3) is 5.91 Å². The van der Waals surface area contributed by atoms with E-state index < -0.39 is 5.60 Å². The highest BCUT2D eigenvalue weighted by molar-refractivity contribution is 5.87. The van der Waals surface area contributed by atoms with Crippen LogP contribution in [0.2, 0.25) is 0 Å². The molecule has 5 rings (SSSR count). The van der Waals surface area contributed by atoms with E-state index in [1.807, 2.05) is 53.1 Å². The van der Waals surface area contributed by atoms with Gasteiger partial charge in [-0.15, -0.1) is 4.40 Å². The van der Waals surface area contributed by atoms with Crippen molar-refractivity contribution in [1.29, 1.82) is 0 Å². The number of benzene rings is 1. The first-order valence-corrected chi connectivity index (χ1v) is 10.8. The molecular weight excluding hydrogens is 392 g/mol. The van der Waals surface area contributed by atoms with Crippen LogP contribution < -0.4 is 13.9 Å². The van der Waals surface area contributed by atoms with Gasteiger partial charge in [0.2, 0.25) is 5.52 Å². The monoisotopic (exact) mass is 419 g/mol. The van der Waals surface area contributed by atoms with Crippen molar-refractivity contribution in [2.45, 2.75) is 37.4 Å². The largest absolute Gasteiger partial charge is 0.490 e. The van der Waals surface area contributed by atoms with E-state index >= 15 is 0 Å². The van der Waals surface area contributed by atoms with Gasteiger partial charge in [-0.2, -0.15) is 0 Å². The fraction of sp³-hybridized carbons (Fsp3) is 0.360. The minimum absolute atomic E-state index is 0.0782. The van der Waals surface area contributed by atoms with Gasteiger partial charge in [0.05, 0.1) is 12.7 Å². The van der Waals surface area contributed by atoms with E-state index in [-0.39, 0.29) is 12.0 Å². The second kappa shape index (κ2) is 7.85. The van der Waals surface area contributed by atoms with Crippen molar-refractivity contribution >= 4 is 11.4 Å². The number of hydrogen-bond donors (Lipinski definition) is 1. The first-order valence-electron chi connectivity index (χ1n) is 10.8. The molecule has 1 saturated carbocycles. The van der Waals surface area contributed by atoms with Crippen LogP contribution in [0.25, 0.3) is 16.6 Å². The van der Waals surface area contributed by atoms with E-state index in [1.54, 1.807) is 12.0 Å². The number of hydrogen-bond acceptors (Lipinski definition) is 4. The molecule has 0 bridgehead atoms. The summed E-state index contributed by atoms with van der Waals surface area (Å²) in [4.78, 5) is 14.1. The van der Waals surface area contributed by atoms with Gasteiger partial charge in [-0.3, -0.25) is 4.79 Å². The summed E-state index contributed by atoms with van der Waals surface area (Å²) >= 11 is 0. The average Bonchev–Trinajstić information content (AvgIpc) is 3.57. The molecule has 0 spiro atoms. The van der Waals surface area contributed by atoms with Crippen LogP contribution in [-0.2, 0) is 4.79 Å². The molecule has 160 valence electrons. The maximum absolute atomic E-state index is 12.3. The fourth-order valence-electron chi connectivity index (χ4n) is 4.28. The standard InChI is InChI=1S/C25H27N2O4/c1-30-23-22(10-7-19-4-2-3-15-27(19)23)18-5-8-20(9-6-18)31-21-11-16-26(17-12-21)24(28)25(29)13-14-25/h2-10,15,21,29H,11-14,16-17H2,1H3/q+1. The average molecular weight is 420 g/mol. The third-order valence-corrected chi connectivity index (χ3v) is 6.27. The Labute approximate surface area is 181 Å². The Morgan fingerprint density at radius 1 is 1.06 bits per heavy atom. The Hall–Kier alpha value is -3.12. The van der Waals surface area contributed by atoms with Crippen molar-refractivity contribution in [1.82, 2.24) is 4.90 Å². The smallest absolute Gasteiger partial charge is 0.381 e. The second-order valence-corrected chi connectivity index (χ2v) is 8.42. The van der Waals surface area contributed by atoms with E-state index in [0.29, 0.717) is 25.9 Å². The molecule has 0 atom stereocenters. The molecule has 1 N–H and O–H groups in total. The predicted octanol–water partition coefficient (Wildman–Crippen LogP) is 3.00. The van der Waals surface area contributed by atoms with Crippen molar-refractivity contribution in [3.05, 3.63) is 60.8 Å². The van der Waals surface area contributed by atoms with Crippen LogP contribution in [0.15, 0.2) is 60.8 Å². The number of pyridine rings is 2. The summed E-state index contributed by atoms with van der Waals surface area (Å²) in [6.07, 6.45) is 4.81. The maximum atomic E-state index is 12.3. The highest BCUT2D eigenvalue weighted by atomic mass is 16.5. The van der Waals surface area contributed by atoms with E-state index in [2.05, 4.69) is 12.1 Å². The molecule has 0 radical (unpaired) electrons. The van der Waals surface area contributed by atoms with Crippen LogP contribution in [0.5, 0.6) is 11.6 Å². The number of methoxy groups -OCH3 is 1. The topological polar surface area (TPSA) is 63.1 Å². The molecule has 1 aliphatic carbocycles. The molecular formula is C25H27N2O4+. The third kappa shape index (κ3) is 3.83. The molecule has 1 aliphatic heterocycles. The first kappa shape index (κ1) is 19.8. The molecule has 6 nitrogen and oxygen atoms in total. The van der Waals surface area contributed by atoms with Gasteiger partial charge < -0.3 is 19.5 Å². The Bertz CT molecular complexity index is 1100. The summed E-state index contributed by atoms with van der Waals surface area (Å²) in [5.74, 6) is 1.50. The number of piperidine rings is 1. The predicted molar refractivity (Wildman–Crippen MR) is 116 cm³/mol. The lowest BCUT2D eigenvalue weighted by Gasteiger charge is -2.33. The van der Waals surface area contributed by atoms with E-state index in [9.17, 15) is 9.90 Å². The molecule has 2 aliphatic rings. The third-order valence-electron chi connectivity index (χ3n) is 6.27. The zero-order chi connectivity index (χ0) is 21.4. The van der Waals surface area contributed by atoms with Gasteiger partial charge in [0.1, 0.15) is 17.5 Å². The van der Waals surface area contributed by atoms with Crippen LogP contribution in [-0.4, -0.2) is 47.8 Å². The lowest BCUT2D eigenvalue weighted by atomic mass is 10.1. The summed E-state index contributed by atoms with van der Waals surface area (Å²) in [6.45, 7) is 1.27. The Kier molecular flexibility index (Phi) is 5.02. The van der Waals surface area contributed by atoms with E-state index in [1.165, 1.54) is 0 Å². The summed E-state index contributed by atoms with van der Waals surface area (Å²) in [5.41, 5.74) is 2.07. The van der Waals surface area contributed by atoms with Crippen molar-refractivity contribution in [2.75, 3.05) is 20.2 Å². The SMILES string of the molecule is COc1c(-c2ccc(OC3CCN(C(=O)C4(O)CC4)CC3)cc2)ccc2cccc[n+]12. The minimum Gasteiger partial charge on any atom is -0.490 e. The summed E-state index contributed by atoms with van der Waals surface area (Å²) in [5, 5.41) is 10.0. The number of carbonyl (C=O) groups excluding carboxylic acids is 1. The maximum Gasteiger partial charge on any atom is 0.381 e. The van der Waals surface area contributed by atoms with Crippen molar-refractivity contribution in [3.8, 4) is 22.8 Å². The van der Waals surface area contributed by atoms with E-state index in [0.717, 1.165) is 41.1 Å². The number of amides is 1. The van der Waals surface area contributed by atoms with Gasteiger partial charge in [-0.25, -0.2) is 0 Å². The zero-order valence-corrected chi connectivity index (χ0v) is 17.7. The first-order chi connectivity index (χ1) is 15.1. The van der Waals surface area contributed by atoms with Gasteiger partial charge in [-0.05, 0) is 42.7 Å². The molecule has 1 aromatic carbocycles. The molecule has 6 heteroatoms. The van der Waals surface area contributed by atoms with Crippen LogP contribution in [0, 0.1) is 0 Å². The summed E-state index contributed by atoms with van der Waals surface area (Å²) < 4.78 is 13.9. The fourth-order valence-corrected chi connectivity index (χ4v) is 4.28. The van der Waals surface area contributed by atoms with Crippen LogP contribution in [0.3, 0.4) is 0 Å². The Morgan fingerprint density at radius 2 is 1.81 bits per heavy atom. The number of rotatable bonds is 5. The molecule has 31 heavy (non-hydrogen) atoms. The molecule has 3 heterocycles. The lowest BCUT2D eigenvalue weighted by molar-refractivity contribution is -0.520. The number of likely N-dealkylation sites (tertiary alicyclic amines) is 1. The number of carbonyl (C=O) groups is 1. The van der Waals surface area contributed by atoms with Gasteiger partial charge in [0, 0.05) is 44.1 Å². The van der Waals surface area contributed by atoms with Crippen molar-refractivity contribution in [3.63, 3.8) is 0 Å². The van der Waals surface area contributed by atoms with Crippen LogP contribution in [0.4, 0.5) is 0 Å². The lowest BCUT2D eigenvalue weighted by Crippen LogP contribution is -2.46. The zero-order valence-electron chi connectivity index (χ0n) is 17.7. The number of nitrogens with zero attached hydrogens (tertiary/aromatic N) is 2. The molecule has 0 unspecified atom stereocenters. The van der Waals surface area contributed by atoms with Crippen LogP contribution >= 0.6 is 0 Å². The number of aromatic nitrogens is 1. The molecule has 3 aromatic rings. The van der Waals surface area contributed by atoms with Crippen molar-refractivity contribution < 1.29 is 23.8 Å². The quantitative estimate of drug-likeness (QED) is 0.646. The van der Waals surface area contributed by atoms with Crippen LogP contribution in [0.1, 0.15) is 25.7 Å². The molecule has 1 amide bonds. The molecule has 1 saturated heterocycles. The highest BCUT2D eigenvalue weighted by Crippen LogP contribution is 2.37. The number of ether oxygens (including phenoxy) is 2. The summed E-state index contributed by atoms with van der Waals surface area (Å²) in [6, 6.07) is 18.3. The summed E-state index contributed by atoms with van der Waals surface area (Å²) in [7, 11) is 1.69. The van der Waals surface area contributed by atoms with Gasteiger partial charge >= 0.3 is 5.88 Å². The normalized spacial score (nSPS) is 18.1.